The molecular weight excluding hydrogens is 252 g/mol. The van der Waals surface area contributed by atoms with E-state index in [0.717, 1.165) is 12.8 Å². The second-order valence-corrected chi connectivity index (χ2v) is 5.98. The zero-order chi connectivity index (χ0) is 12.8. The molecule has 1 N–H and O–H groups in total. The van der Waals surface area contributed by atoms with Crippen molar-refractivity contribution < 1.29 is 8.78 Å². The van der Waals surface area contributed by atoms with Crippen LogP contribution in [0.5, 0.6) is 0 Å². The van der Waals surface area contributed by atoms with Crippen LogP contribution in [0.3, 0.4) is 0 Å². The Hall–Kier alpha value is -0.610. The molecule has 1 fully saturated rings. The van der Waals surface area contributed by atoms with Gasteiger partial charge in [-0.3, -0.25) is 0 Å². The van der Waals surface area contributed by atoms with Gasteiger partial charge >= 0.3 is 0 Å². The fraction of sp³-hybridized carbons (Fsp3) is 0.571. The second kappa shape index (κ2) is 6.53. The lowest BCUT2D eigenvalue weighted by atomic mass is 10.0. The van der Waals surface area contributed by atoms with Gasteiger partial charge in [0, 0.05) is 5.56 Å². The summed E-state index contributed by atoms with van der Waals surface area (Å²) in [6, 6.07) is 8.04. The van der Waals surface area contributed by atoms with Gasteiger partial charge in [0.05, 0.1) is 6.54 Å². The molecule has 0 bridgehead atoms. The minimum absolute atomic E-state index is 0.0942. The van der Waals surface area contributed by atoms with Gasteiger partial charge in [-0.05, 0) is 36.8 Å². The molecule has 100 valence electrons. The van der Waals surface area contributed by atoms with Crippen LogP contribution in [0.1, 0.15) is 18.4 Å². The average Bonchev–Trinajstić information content (AvgIpc) is 2.41. The molecule has 0 aromatic heterocycles. The number of hydrogen-bond donors (Lipinski definition) is 1. The predicted octanol–water partition coefficient (Wildman–Crippen LogP) is 3.51. The molecule has 0 spiro atoms. The van der Waals surface area contributed by atoms with Crippen LogP contribution >= 0.6 is 11.8 Å². The lowest BCUT2D eigenvalue weighted by Crippen LogP contribution is -2.34. The summed E-state index contributed by atoms with van der Waals surface area (Å²) >= 11 is 1.96. The van der Waals surface area contributed by atoms with Crippen molar-refractivity contribution in [3.63, 3.8) is 0 Å². The van der Waals surface area contributed by atoms with Gasteiger partial charge in [0.2, 0.25) is 0 Å². The van der Waals surface area contributed by atoms with Crippen LogP contribution in [0.2, 0.25) is 0 Å². The van der Waals surface area contributed by atoms with Crippen molar-refractivity contribution in [3.05, 3.63) is 35.9 Å². The second-order valence-electron chi connectivity index (χ2n) is 4.76. The first-order valence-electron chi connectivity index (χ1n) is 6.40. The van der Waals surface area contributed by atoms with Crippen LogP contribution in [0, 0.1) is 5.92 Å². The van der Waals surface area contributed by atoms with Gasteiger partial charge in [-0.15, -0.1) is 0 Å². The van der Waals surface area contributed by atoms with Crippen molar-refractivity contribution in [1.29, 1.82) is 0 Å². The van der Waals surface area contributed by atoms with E-state index in [1.807, 2.05) is 11.8 Å². The number of hydrogen-bond acceptors (Lipinski definition) is 2. The maximum Gasteiger partial charge on any atom is 0.285 e. The Morgan fingerprint density at radius 3 is 2.50 bits per heavy atom. The molecule has 0 unspecified atom stereocenters. The van der Waals surface area contributed by atoms with E-state index in [0.29, 0.717) is 12.5 Å². The number of benzene rings is 1. The maximum atomic E-state index is 13.8. The van der Waals surface area contributed by atoms with Crippen molar-refractivity contribution in [1.82, 2.24) is 5.32 Å². The van der Waals surface area contributed by atoms with E-state index < -0.39 is 5.92 Å². The summed E-state index contributed by atoms with van der Waals surface area (Å²) in [7, 11) is 0. The smallest absolute Gasteiger partial charge is 0.285 e. The number of nitrogens with one attached hydrogen (secondary N) is 1. The average molecular weight is 271 g/mol. The summed E-state index contributed by atoms with van der Waals surface area (Å²) in [6.07, 6.45) is 2.29. The highest BCUT2D eigenvalue weighted by Crippen LogP contribution is 2.27. The summed E-state index contributed by atoms with van der Waals surface area (Å²) in [5, 5.41) is 2.93. The van der Waals surface area contributed by atoms with Gasteiger partial charge in [-0.1, -0.05) is 30.3 Å². The molecule has 1 aliphatic rings. The van der Waals surface area contributed by atoms with Crippen LogP contribution in [-0.4, -0.2) is 24.6 Å². The first-order valence-corrected chi connectivity index (χ1v) is 7.56. The van der Waals surface area contributed by atoms with Gasteiger partial charge < -0.3 is 5.32 Å². The van der Waals surface area contributed by atoms with E-state index in [-0.39, 0.29) is 12.1 Å². The molecule has 0 atom stereocenters. The van der Waals surface area contributed by atoms with Crippen molar-refractivity contribution in [2.24, 2.45) is 5.92 Å². The van der Waals surface area contributed by atoms with Crippen LogP contribution in [0.25, 0.3) is 0 Å². The molecule has 1 heterocycles. The largest absolute Gasteiger partial charge is 0.311 e. The highest BCUT2D eigenvalue weighted by atomic mass is 32.2. The standard InChI is InChI=1S/C14H19F2NS/c15-14(16,13-4-2-1-3-5-13)11-17-10-12-6-8-18-9-7-12/h1-5,12,17H,6-11H2. The van der Waals surface area contributed by atoms with E-state index in [1.54, 1.807) is 18.2 Å². The van der Waals surface area contributed by atoms with Crippen molar-refractivity contribution in [2.75, 3.05) is 24.6 Å². The summed E-state index contributed by atoms with van der Waals surface area (Å²) in [4.78, 5) is 0. The van der Waals surface area contributed by atoms with Gasteiger partial charge in [-0.2, -0.15) is 20.5 Å². The molecule has 1 aliphatic heterocycles. The van der Waals surface area contributed by atoms with Crippen LogP contribution in [0.4, 0.5) is 8.78 Å². The Morgan fingerprint density at radius 2 is 1.83 bits per heavy atom. The molecule has 2 rings (SSSR count). The van der Waals surface area contributed by atoms with Gasteiger partial charge in [-0.25, -0.2) is 0 Å². The fourth-order valence-electron chi connectivity index (χ4n) is 2.17. The van der Waals surface area contributed by atoms with Crippen molar-refractivity contribution in [3.8, 4) is 0 Å². The maximum absolute atomic E-state index is 13.8. The Bertz CT molecular complexity index is 350. The lowest BCUT2D eigenvalue weighted by Gasteiger charge is -2.23. The monoisotopic (exact) mass is 271 g/mol. The number of thioether (sulfide) groups is 1. The van der Waals surface area contributed by atoms with Gasteiger partial charge in [0.1, 0.15) is 0 Å². The van der Waals surface area contributed by atoms with E-state index in [2.05, 4.69) is 5.32 Å². The number of halogens is 2. The molecule has 1 aromatic carbocycles. The summed E-state index contributed by atoms with van der Waals surface area (Å²) in [5.74, 6) is 0.130. The third-order valence-electron chi connectivity index (χ3n) is 3.32. The summed E-state index contributed by atoms with van der Waals surface area (Å²) < 4.78 is 27.7. The highest BCUT2D eigenvalue weighted by Gasteiger charge is 2.30. The van der Waals surface area contributed by atoms with Crippen LogP contribution < -0.4 is 5.32 Å². The third-order valence-corrected chi connectivity index (χ3v) is 4.37. The topological polar surface area (TPSA) is 12.0 Å². The molecule has 0 saturated carbocycles. The predicted molar refractivity (Wildman–Crippen MR) is 73.3 cm³/mol. The number of alkyl halides is 2. The zero-order valence-corrected chi connectivity index (χ0v) is 11.2. The molecule has 0 amide bonds. The van der Waals surface area contributed by atoms with Crippen LogP contribution in [0.15, 0.2) is 30.3 Å². The molecule has 0 radical (unpaired) electrons. The van der Waals surface area contributed by atoms with E-state index >= 15 is 0 Å². The van der Waals surface area contributed by atoms with Gasteiger partial charge in [0.15, 0.2) is 0 Å². The highest BCUT2D eigenvalue weighted by molar-refractivity contribution is 7.99. The van der Waals surface area contributed by atoms with Crippen molar-refractivity contribution in [2.45, 2.75) is 18.8 Å². The Balaban J connectivity index is 1.78. The number of rotatable bonds is 5. The summed E-state index contributed by atoms with van der Waals surface area (Å²) in [5.41, 5.74) is 0.0942. The van der Waals surface area contributed by atoms with Crippen LogP contribution in [-0.2, 0) is 5.92 Å². The zero-order valence-electron chi connectivity index (χ0n) is 10.4. The first kappa shape index (κ1) is 13.8. The quantitative estimate of drug-likeness (QED) is 0.879. The van der Waals surface area contributed by atoms with Crippen molar-refractivity contribution >= 4 is 11.8 Å². The molecule has 1 nitrogen and oxygen atoms in total. The van der Waals surface area contributed by atoms with E-state index in [1.165, 1.54) is 23.6 Å². The molecule has 1 aromatic rings. The summed E-state index contributed by atoms with van der Waals surface area (Å²) in [6.45, 7) is 0.448. The minimum atomic E-state index is -2.77. The first-order chi connectivity index (χ1) is 8.68. The lowest BCUT2D eigenvalue weighted by molar-refractivity contribution is -0.00387. The normalized spacial score (nSPS) is 17.9. The fourth-order valence-corrected chi connectivity index (χ4v) is 3.37. The Labute approximate surface area is 111 Å². The molecule has 4 heteroatoms. The minimum Gasteiger partial charge on any atom is -0.311 e. The Morgan fingerprint density at radius 1 is 1.17 bits per heavy atom. The van der Waals surface area contributed by atoms with E-state index in [9.17, 15) is 8.78 Å². The Kier molecular flexibility index (Phi) is 5.01. The molecule has 18 heavy (non-hydrogen) atoms. The molecule has 1 saturated heterocycles. The third kappa shape index (κ3) is 3.95. The van der Waals surface area contributed by atoms with E-state index in [4.69, 9.17) is 0 Å². The van der Waals surface area contributed by atoms with Gasteiger partial charge in [0.25, 0.3) is 5.92 Å². The molecular formula is C14H19F2NS. The SMILES string of the molecule is FC(F)(CNCC1CCSCC1)c1ccccc1. The molecule has 0 aliphatic carbocycles.